The van der Waals surface area contributed by atoms with Crippen molar-refractivity contribution in [3.63, 3.8) is 0 Å². The molecule has 4 rings (SSSR count). The van der Waals surface area contributed by atoms with Crippen LogP contribution in [-0.4, -0.2) is 82.2 Å². The van der Waals surface area contributed by atoms with Crippen LogP contribution in [0, 0.1) is 5.92 Å². The molecule has 0 radical (unpaired) electrons. The number of carbonyl (C=O) groups excluding carboxylic acids is 2. The van der Waals surface area contributed by atoms with Crippen molar-refractivity contribution in [1.82, 2.24) is 9.80 Å². The van der Waals surface area contributed by atoms with Crippen LogP contribution in [-0.2, 0) is 16.0 Å². The Morgan fingerprint density at radius 1 is 0.914 bits per heavy atom. The summed E-state index contributed by atoms with van der Waals surface area (Å²) in [4.78, 5) is 32.0. The van der Waals surface area contributed by atoms with Gasteiger partial charge in [-0.1, -0.05) is 6.07 Å². The van der Waals surface area contributed by atoms with Crippen LogP contribution in [0.2, 0.25) is 0 Å². The summed E-state index contributed by atoms with van der Waals surface area (Å²) < 4.78 is 15.9. The molecule has 35 heavy (non-hydrogen) atoms. The van der Waals surface area contributed by atoms with Gasteiger partial charge in [-0.25, -0.2) is 0 Å². The number of hydrogen-bond acceptors (Lipinski definition) is 6. The fourth-order valence-corrected chi connectivity index (χ4v) is 4.90. The molecule has 1 atom stereocenters. The highest BCUT2D eigenvalue weighted by atomic mass is 16.5. The van der Waals surface area contributed by atoms with Crippen LogP contribution < -0.4 is 19.1 Å². The van der Waals surface area contributed by atoms with E-state index in [4.69, 9.17) is 14.2 Å². The number of ether oxygens (including phenoxy) is 3. The van der Waals surface area contributed by atoms with Crippen LogP contribution in [0.3, 0.4) is 0 Å². The summed E-state index contributed by atoms with van der Waals surface area (Å²) in [5.41, 5.74) is 2.20. The topological polar surface area (TPSA) is 71.6 Å². The summed E-state index contributed by atoms with van der Waals surface area (Å²) in [6, 6.07) is 13.8. The lowest BCUT2D eigenvalue weighted by atomic mass is 10.1. The van der Waals surface area contributed by atoms with Crippen LogP contribution >= 0.6 is 0 Å². The summed E-state index contributed by atoms with van der Waals surface area (Å²) in [5.74, 6) is 2.09. The molecule has 0 aromatic heterocycles. The minimum Gasteiger partial charge on any atom is -0.497 e. The van der Waals surface area contributed by atoms with Crippen LogP contribution in [0.4, 0.5) is 5.69 Å². The molecule has 0 aliphatic carbocycles. The second-order valence-corrected chi connectivity index (χ2v) is 9.04. The van der Waals surface area contributed by atoms with Crippen LogP contribution in [0.25, 0.3) is 0 Å². The monoisotopic (exact) mass is 481 g/mol. The fraction of sp³-hybridized carbons (Fsp3) is 0.481. The maximum absolute atomic E-state index is 13.3. The zero-order chi connectivity index (χ0) is 24.8. The molecule has 1 unspecified atom stereocenters. The quantitative estimate of drug-likeness (QED) is 0.578. The average Bonchev–Trinajstić information content (AvgIpc) is 3.10. The van der Waals surface area contributed by atoms with Crippen molar-refractivity contribution in [1.29, 1.82) is 0 Å². The van der Waals surface area contributed by atoms with Gasteiger partial charge in [0.2, 0.25) is 11.8 Å². The van der Waals surface area contributed by atoms with Crippen molar-refractivity contribution >= 4 is 17.5 Å². The second kappa shape index (κ2) is 11.3. The zero-order valence-electron chi connectivity index (χ0n) is 20.9. The fourth-order valence-electron chi connectivity index (χ4n) is 4.90. The highest BCUT2D eigenvalue weighted by Crippen LogP contribution is 2.28. The van der Waals surface area contributed by atoms with Crippen molar-refractivity contribution in [2.24, 2.45) is 5.92 Å². The first-order valence-corrected chi connectivity index (χ1v) is 12.2. The van der Waals surface area contributed by atoms with Gasteiger partial charge in [0.1, 0.15) is 5.75 Å². The van der Waals surface area contributed by atoms with Gasteiger partial charge in [0.05, 0.1) is 27.2 Å². The van der Waals surface area contributed by atoms with E-state index < -0.39 is 0 Å². The third kappa shape index (κ3) is 5.81. The van der Waals surface area contributed by atoms with Crippen LogP contribution in [0.1, 0.15) is 18.4 Å². The van der Waals surface area contributed by atoms with Crippen molar-refractivity contribution < 1.29 is 23.8 Å². The first-order valence-electron chi connectivity index (χ1n) is 12.2. The molecule has 0 bridgehead atoms. The molecule has 2 aliphatic heterocycles. The van der Waals surface area contributed by atoms with Crippen molar-refractivity contribution in [3.8, 4) is 17.2 Å². The summed E-state index contributed by atoms with van der Waals surface area (Å²) in [6.45, 7) is 4.15. The molecular weight excluding hydrogens is 446 g/mol. The number of carbonyl (C=O) groups is 2. The lowest BCUT2D eigenvalue weighted by Crippen LogP contribution is -2.40. The lowest BCUT2D eigenvalue weighted by molar-refractivity contribution is -0.135. The van der Waals surface area contributed by atoms with Gasteiger partial charge in [0, 0.05) is 51.4 Å². The number of methoxy groups -OCH3 is 3. The van der Waals surface area contributed by atoms with E-state index in [0.29, 0.717) is 44.0 Å². The minimum atomic E-state index is -0.263. The van der Waals surface area contributed by atoms with Gasteiger partial charge in [0.15, 0.2) is 11.5 Å². The highest BCUT2D eigenvalue weighted by molar-refractivity contribution is 5.89. The van der Waals surface area contributed by atoms with E-state index in [2.05, 4.69) is 17.0 Å². The molecule has 188 valence electrons. The van der Waals surface area contributed by atoms with E-state index in [1.54, 1.807) is 21.3 Å². The average molecular weight is 482 g/mol. The first kappa shape index (κ1) is 24.7. The van der Waals surface area contributed by atoms with Crippen LogP contribution in [0.15, 0.2) is 42.5 Å². The Labute approximate surface area is 207 Å². The molecular formula is C27H35N3O5. The van der Waals surface area contributed by atoms with E-state index in [-0.39, 0.29) is 17.7 Å². The van der Waals surface area contributed by atoms with Gasteiger partial charge in [-0.15, -0.1) is 0 Å². The molecule has 2 aromatic rings. The molecule has 2 fully saturated rings. The normalized spacial score (nSPS) is 18.4. The number of anilines is 1. The highest BCUT2D eigenvalue weighted by Gasteiger charge is 2.36. The zero-order valence-corrected chi connectivity index (χ0v) is 20.9. The number of amides is 2. The Hall–Kier alpha value is -3.42. The summed E-state index contributed by atoms with van der Waals surface area (Å²) >= 11 is 0. The lowest BCUT2D eigenvalue weighted by Gasteiger charge is -2.25. The number of benzene rings is 2. The van der Waals surface area contributed by atoms with Crippen molar-refractivity contribution in [2.45, 2.75) is 19.3 Å². The Balaban J connectivity index is 1.30. The van der Waals surface area contributed by atoms with Crippen molar-refractivity contribution in [3.05, 3.63) is 48.0 Å². The predicted octanol–water partition coefficient (Wildman–Crippen LogP) is 2.84. The van der Waals surface area contributed by atoms with Gasteiger partial charge < -0.3 is 28.9 Å². The maximum Gasteiger partial charge on any atom is 0.228 e. The third-order valence-electron chi connectivity index (χ3n) is 6.93. The molecule has 8 nitrogen and oxygen atoms in total. The third-order valence-corrected chi connectivity index (χ3v) is 6.93. The molecule has 2 amide bonds. The number of nitrogens with zero attached hydrogens (tertiary/aromatic N) is 3. The minimum absolute atomic E-state index is 0.0542. The van der Waals surface area contributed by atoms with E-state index in [1.165, 1.54) is 0 Å². The van der Waals surface area contributed by atoms with E-state index in [9.17, 15) is 9.59 Å². The Morgan fingerprint density at radius 2 is 1.69 bits per heavy atom. The molecule has 0 N–H and O–H groups in total. The molecule has 2 aliphatic rings. The smallest absolute Gasteiger partial charge is 0.228 e. The van der Waals surface area contributed by atoms with Gasteiger partial charge in [-0.05, 0) is 54.8 Å². The maximum atomic E-state index is 13.3. The SMILES string of the molecule is COc1ccc(N2CCCN(C(=O)C3CC(=O)N(CCc4ccc(OC)c(OC)c4)C3)CC2)cc1. The Morgan fingerprint density at radius 3 is 2.40 bits per heavy atom. The molecule has 0 spiro atoms. The number of likely N-dealkylation sites (tertiary alicyclic amines) is 1. The standard InChI is InChI=1S/C27H35N3O5/c1-33-23-8-6-22(7-9-23)28-12-4-13-29(16-15-28)27(32)21-18-26(31)30(19-21)14-11-20-5-10-24(34-2)25(17-20)35-3/h5-10,17,21H,4,11-16,18-19H2,1-3H3. The predicted molar refractivity (Wildman–Crippen MR) is 134 cm³/mol. The summed E-state index contributed by atoms with van der Waals surface area (Å²) in [6.07, 6.45) is 1.90. The number of hydrogen-bond donors (Lipinski definition) is 0. The summed E-state index contributed by atoms with van der Waals surface area (Å²) in [7, 11) is 4.88. The molecule has 2 heterocycles. The summed E-state index contributed by atoms with van der Waals surface area (Å²) in [5, 5.41) is 0. The Bertz CT molecular complexity index is 1030. The van der Waals surface area contributed by atoms with E-state index in [1.807, 2.05) is 40.1 Å². The van der Waals surface area contributed by atoms with Crippen molar-refractivity contribution in [2.75, 3.05) is 65.5 Å². The molecule has 8 heteroatoms. The number of rotatable bonds is 8. The van der Waals surface area contributed by atoms with Gasteiger partial charge in [0.25, 0.3) is 0 Å². The molecule has 2 saturated heterocycles. The van der Waals surface area contributed by atoms with Gasteiger partial charge >= 0.3 is 0 Å². The largest absolute Gasteiger partial charge is 0.497 e. The van der Waals surface area contributed by atoms with E-state index >= 15 is 0 Å². The molecule has 2 aromatic carbocycles. The second-order valence-electron chi connectivity index (χ2n) is 9.04. The van der Waals surface area contributed by atoms with Crippen LogP contribution in [0.5, 0.6) is 17.2 Å². The van der Waals surface area contributed by atoms with E-state index in [0.717, 1.165) is 43.1 Å². The Kier molecular flexibility index (Phi) is 8.00. The van der Waals surface area contributed by atoms with Gasteiger partial charge in [-0.2, -0.15) is 0 Å². The molecule has 0 saturated carbocycles. The van der Waals surface area contributed by atoms with Gasteiger partial charge in [-0.3, -0.25) is 9.59 Å². The first-order chi connectivity index (χ1) is 17.0.